The zero-order valence-electron chi connectivity index (χ0n) is 4.46. The van der Waals surface area contributed by atoms with Crippen LogP contribution in [0.1, 0.15) is 0 Å². The van der Waals surface area contributed by atoms with Gasteiger partial charge in [0, 0.05) is 0 Å². The molecule has 0 aliphatic rings. The van der Waals surface area contributed by atoms with Crippen molar-refractivity contribution in [3.8, 4) is 0 Å². The van der Waals surface area contributed by atoms with Gasteiger partial charge in [0.1, 0.15) is 0 Å². The Morgan fingerprint density at radius 2 is 1.09 bits per heavy atom. The van der Waals surface area contributed by atoms with Crippen LogP contribution in [0.15, 0.2) is 0 Å². The molecule has 8 nitrogen and oxygen atoms in total. The summed E-state index contributed by atoms with van der Waals surface area (Å²) in [4.78, 5) is 0. The Morgan fingerprint density at radius 1 is 0.909 bits per heavy atom. The minimum absolute atomic E-state index is 0. The first-order valence-corrected chi connectivity index (χ1v) is 5.63. The van der Waals surface area contributed by atoms with Crippen LogP contribution in [0.3, 0.4) is 0 Å². The van der Waals surface area contributed by atoms with E-state index < -0.39 is 27.2 Å². The van der Waals surface area contributed by atoms with E-state index in [2.05, 4.69) is 2.84 Å². The van der Waals surface area contributed by atoms with Gasteiger partial charge in [-0.2, -0.15) is 0 Å². The van der Waals surface area contributed by atoms with Crippen LogP contribution in [-0.2, 0) is 45.3 Å². The molecule has 0 amide bonds. The summed E-state index contributed by atoms with van der Waals surface area (Å²) >= 11 is -11.5. The summed E-state index contributed by atoms with van der Waals surface area (Å²) in [6.45, 7) is 0. The second-order valence-corrected chi connectivity index (χ2v) is 4.68. The van der Waals surface area contributed by atoms with Gasteiger partial charge in [0.2, 0.25) is 0 Å². The first kappa shape index (κ1) is 18.0. The van der Waals surface area contributed by atoms with Crippen LogP contribution >= 0.6 is 0 Å². The van der Waals surface area contributed by atoms with Gasteiger partial charge in [0.15, 0.2) is 0 Å². The van der Waals surface area contributed by atoms with E-state index in [1.54, 1.807) is 0 Å². The van der Waals surface area contributed by atoms with E-state index in [4.69, 9.17) is 8.32 Å². The molecule has 0 atom stereocenters. The molecule has 0 aliphatic carbocycles. The third-order valence-corrected chi connectivity index (χ3v) is 2.92. The molecule has 0 unspecified atom stereocenters. The first-order valence-electron chi connectivity index (χ1n) is 1.37. The van der Waals surface area contributed by atoms with Gasteiger partial charge < -0.3 is 6.15 Å². The van der Waals surface area contributed by atoms with E-state index in [1.165, 1.54) is 0 Å². The van der Waals surface area contributed by atoms with E-state index in [9.17, 15) is 15.2 Å². The molecule has 0 spiro atoms. The second-order valence-electron chi connectivity index (χ2n) is 0.924. The topological polar surface area (TPSA) is 153 Å². The third-order valence-electron chi connectivity index (χ3n) is 0.172. The summed E-state index contributed by atoms with van der Waals surface area (Å²) in [5, 5.41) is 0. The van der Waals surface area contributed by atoms with Gasteiger partial charge in [-0.05, 0) is 0 Å². The van der Waals surface area contributed by atoms with Crippen LogP contribution in [0.25, 0.3) is 0 Å². The Hall–Kier alpha value is 1.10. The molecule has 0 heterocycles. The standard InChI is InChI=1S/2Cr.H3N.Na.2H2O.5O.H/h;;1H3;;2*1H2;;;;;;/q2*+1;;;;;;;;;;/p-2. The summed E-state index contributed by atoms with van der Waals surface area (Å²) in [6, 6.07) is 0. The molecule has 0 radical (unpaired) electrons. The van der Waals surface area contributed by atoms with Crippen molar-refractivity contribution in [3.63, 3.8) is 0 Å². The Bertz CT molecular complexity index is 242. The van der Waals surface area contributed by atoms with Gasteiger partial charge in [0.25, 0.3) is 0 Å². The quantitative estimate of drug-likeness (QED) is 0.474. The molecule has 11 heteroatoms. The van der Waals surface area contributed by atoms with Crippen LogP contribution in [-0.4, -0.2) is 37.9 Å². The van der Waals surface area contributed by atoms with Crippen LogP contribution in [0, 0.1) is 0 Å². The average Bonchev–Trinajstić information content (AvgIpc) is 1.14. The van der Waals surface area contributed by atoms with Gasteiger partial charge >= 0.3 is 83.2 Å². The van der Waals surface area contributed by atoms with Crippen molar-refractivity contribution >= 4 is 29.6 Å². The van der Waals surface area contributed by atoms with Gasteiger partial charge in [-0.3, -0.25) is 0 Å². The molecule has 0 saturated carbocycles. The van der Waals surface area contributed by atoms with E-state index in [-0.39, 0.29) is 35.7 Å². The molecule has 0 bridgehead atoms. The summed E-state index contributed by atoms with van der Waals surface area (Å²) < 4.78 is 56.3. The molecule has 0 rings (SSSR count). The number of hydrogen-bond donors (Lipinski definition) is 3. The molecular weight excluding hydrogens is 253 g/mol. The van der Waals surface area contributed by atoms with Crippen molar-refractivity contribution in [1.82, 2.24) is 6.15 Å². The maximum atomic E-state index is 9.53. The molecule has 0 aliphatic heterocycles. The third kappa shape index (κ3) is 18.2. The first-order chi connectivity index (χ1) is 3.71. The zero-order chi connectivity index (χ0) is 7.71. The van der Waals surface area contributed by atoms with Gasteiger partial charge in [-0.1, -0.05) is 0 Å². The fourth-order valence-corrected chi connectivity index (χ4v) is 1.85. The van der Waals surface area contributed by atoms with Crippen molar-refractivity contribution in [2.75, 3.05) is 0 Å². The molecule has 0 aromatic rings. The van der Waals surface area contributed by atoms with Crippen LogP contribution < -0.4 is 6.15 Å². The number of rotatable bonds is 2. The van der Waals surface area contributed by atoms with E-state index in [1.807, 2.05) is 0 Å². The van der Waals surface area contributed by atoms with E-state index in [0.29, 0.717) is 0 Å². The molecule has 5 N–H and O–H groups in total. The molecule has 0 saturated heterocycles. The summed E-state index contributed by atoms with van der Waals surface area (Å²) in [5.41, 5.74) is 0. The normalized spacial score (nSPS) is 11.1. The van der Waals surface area contributed by atoms with E-state index in [0.717, 1.165) is 0 Å². The Labute approximate surface area is 88.6 Å². The van der Waals surface area contributed by atoms with Crippen molar-refractivity contribution < 1.29 is 53.6 Å². The van der Waals surface area contributed by atoms with Crippen LogP contribution in [0.4, 0.5) is 0 Å². The molecule has 0 aromatic heterocycles. The second kappa shape index (κ2) is 5.70. The fourth-order valence-electron chi connectivity index (χ4n) is 0.109. The van der Waals surface area contributed by atoms with Gasteiger partial charge in [0.05, 0.1) is 0 Å². The van der Waals surface area contributed by atoms with Gasteiger partial charge in [-0.15, -0.1) is 0 Å². The molecule has 0 aromatic carbocycles. The monoisotopic (exact) mass is 259 g/mol. The van der Waals surface area contributed by atoms with Crippen molar-refractivity contribution in [1.29, 1.82) is 0 Å². The minimum atomic E-state index is -5.76. The fraction of sp³-hybridized carbons (Fsp3) is 0. The molecule has 66 valence electrons. The summed E-state index contributed by atoms with van der Waals surface area (Å²) in [6.07, 6.45) is 0. The Kier molecular flexibility index (Phi) is 9.33. The van der Waals surface area contributed by atoms with Crippen LogP contribution in [0.5, 0.6) is 0 Å². The predicted octanol–water partition coefficient (Wildman–Crippen LogP) is -2.15. The Balaban J connectivity index is -0.000000320. The number of hydrogen-bond acceptors (Lipinski definition) is 6. The summed E-state index contributed by atoms with van der Waals surface area (Å²) in [7, 11) is 0. The SMILES string of the molecule is N.[NaH].[O]=[Cr](=[O])([OH])[O][Cr](=[O])(=[O])[OH]. The van der Waals surface area contributed by atoms with Crippen LogP contribution in [0.2, 0.25) is 0 Å². The zero-order valence-corrected chi connectivity index (χ0v) is 7.01. The maximum absolute atomic E-state index is 9.53. The Morgan fingerprint density at radius 3 is 1.09 bits per heavy atom. The summed E-state index contributed by atoms with van der Waals surface area (Å²) in [5.74, 6) is 0. The van der Waals surface area contributed by atoms with Crippen molar-refractivity contribution in [2.45, 2.75) is 0 Å². The van der Waals surface area contributed by atoms with Gasteiger partial charge in [-0.25, -0.2) is 0 Å². The molecule has 0 fully saturated rings. The van der Waals surface area contributed by atoms with E-state index >= 15 is 0 Å². The van der Waals surface area contributed by atoms with Crippen molar-refractivity contribution in [2.24, 2.45) is 0 Å². The molecule has 11 heavy (non-hydrogen) atoms. The predicted molar refractivity (Wildman–Crippen MR) is 20.4 cm³/mol. The average molecular weight is 259 g/mol. The van der Waals surface area contributed by atoms with Crippen molar-refractivity contribution in [3.05, 3.63) is 0 Å². The molecular formula is H6Cr2NNaO7.